The number of aliphatic hydroxyl groups excluding tert-OH is 1. The monoisotopic (exact) mass is 496 g/mol. The van der Waals surface area contributed by atoms with E-state index in [1.165, 1.54) is 19.1 Å². The van der Waals surface area contributed by atoms with Gasteiger partial charge in [-0.1, -0.05) is 0 Å². The molecule has 2 rings (SSSR count). The first kappa shape index (κ1) is 28.2. The van der Waals surface area contributed by atoms with Gasteiger partial charge in [0, 0.05) is 0 Å². The Hall–Kier alpha value is -3.03. The zero-order valence-corrected chi connectivity index (χ0v) is 20.0. The van der Waals surface area contributed by atoms with Crippen LogP contribution in [-0.4, -0.2) is 89.7 Å². The second-order valence-electron chi connectivity index (χ2n) is 8.67. The first-order valence-corrected chi connectivity index (χ1v) is 10.5. The molecule has 35 heavy (non-hydrogen) atoms. The lowest BCUT2D eigenvalue weighted by Gasteiger charge is -2.56. The third-order valence-electron chi connectivity index (χ3n) is 6.15. The highest BCUT2D eigenvalue weighted by atomic mass is 16.7. The Morgan fingerprint density at radius 2 is 1.46 bits per heavy atom. The summed E-state index contributed by atoms with van der Waals surface area (Å²) < 4.78 is 10.9. The van der Waals surface area contributed by atoms with E-state index in [9.17, 15) is 49.5 Å². The highest BCUT2D eigenvalue weighted by molar-refractivity contribution is 6.08. The van der Waals surface area contributed by atoms with Gasteiger partial charge < -0.3 is 35.0 Å². The predicted molar refractivity (Wildman–Crippen MR) is 116 cm³/mol. The van der Waals surface area contributed by atoms with E-state index in [1.54, 1.807) is 0 Å². The maximum atomic E-state index is 12.8. The van der Waals surface area contributed by atoms with Crippen LogP contribution in [0.15, 0.2) is 12.1 Å². The van der Waals surface area contributed by atoms with E-state index < -0.39 is 81.3 Å². The minimum atomic E-state index is -3.71. The van der Waals surface area contributed by atoms with Crippen molar-refractivity contribution in [2.24, 2.45) is 0 Å². The number of ketones is 5. The molecule has 1 unspecified atom stereocenters. The van der Waals surface area contributed by atoms with E-state index in [0.717, 1.165) is 13.8 Å². The average molecular weight is 496 g/mol. The summed E-state index contributed by atoms with van der Waals surface area (Å²) in [5, 5.41) is 54.2. The minimum Gasteiger partial charge on any atom is -0.507 e. The molecule has 0 bridgehead atoms. The number of phenolic OH excluding ortho intramolecular Hbond substituents is 1. The SMILES string of the molecule is CC(=O)c1c(O)cc(C)cc1O[C@@H]1O[C@H](C(=O)C(C)O)[C@](O)(C(C)=O)[C@@](O)(C(C)=O)[C@]1(O)C(C)=O. The molecule has 12 nitrogen and oxygen atoms in total. The van der Waals surface area contributed by atoms with Gasteiger partial charge >= 0.3 is 0 Å². The summed E-state index contributed by atoms with van der Waals surface area (Å²) in [4.78, 5) is 62.9. The topological polar surface area (TPSA) is 205 Å². The second-order valence-corrected chi connectivity index (χ2v) is 8.67. The Morgan fingerprint density at radius 1 is 0.943 bits per heavy atom. The number of ether oxygens (including phenoxy) is 2. The van der Waals surface area contributed by atoms with Crippen LogP contribution < -0.4 is 4.74 Å². The molecule has 0 amide bonds. The number of aromatic hydroxyl groups is 1. The van der Waals surface area contributed by atoms with Crippen LogP contribution >= 0.6 is 0 Å². The van der Waals surface area contributed by atoms with E-state index in [2.05, 4.69) is 0 Å². The van der Waals surface area contributed by atoms with Crippen molar-refractivity contribution in [2.75, 3.05) is 0 Å². The summed E-state index contributed by atoms with van der Waals surface area (Å²) in [5.74, 6) is -7.49. The van der Waals surface area contributed by atoms with Gasteiger partial charge in [0.05, 0.1) is 0 Å². The zero-order valence-electron chi connectivity index (χ0n) is 20.0. The normalized spacial score (nSPS) is 31.4. The molecule has 0 aliphatic carbocycles. The van der Waals surface area contributed by atoms with Crippen LogP contribution in [0.1, 0.15) is 50.5 Å². The largest absolute Gasteiger partial charge is 0.507 e. The smallest absolute Gasteiger partial charge is 0.240 e. The van der Waals surface area contributed by atoms with Gasteiger partial charge in [-0.3, -0.25) is 24.0 Å². The van der Waals surface area contributed by atoms with Crippen molar-refractivity contribution in [1.29, 1.82) is 0 Å². The van der Waals surface area contributed by atoms with Gasteiger partial charge in [0.25, 0.3) is 0 Å². The Labute approximate surface area is 200 Å². The van der Waals surface area contributed by atoms with E-state index in [4.69, 9.17) is 9.47 Å². The molecule has 1 saturated heterocycles. The van der Waals surface area contributed by atoms with E-state index in [-0.39, 0.29) is 0 Å². The molecule has 5 N–H and O–H groups in total. The van der Waals surface area contributed by atoms with Crippen molar-refractivity contribution in [3.63, 3.8) is 0 Å². The van der Waals surface area contributed by atoms with E-state index in [1.807, 2.05) is 0 Å². The molecule has 1 heterocycles. The number of rotatable bonds is 8. The molecule has 0 aromatic heterocycles. The average Bonchev–Trinajstić information content (AvgIpc) is 2.71. The molecule has 1 aliphatic heterocycles. The maximum Gasteiger partial charge on any atom is 0.240 e. The molecular formula is C23H28O12. The van der Waals surface area contributed by atoms with Crippen molar-refractivity contribution < 1.29 is 59.0 Å². The molecule has 0 saturated carbocycles. The fourth-order valence-corrected chi connectivity index (χ4v) is 4.27. The van der Waals surface area contributed by atoms with Gasteiger partial charge in [-0.15, -0.1) is 0 Å². The van der Waals surface area contributed by atoms with Crippen molar-refractivity contribution in [1.82, 2.24) is 0 Å². The highest BCUT2D eigenvalue weighted by Gasteiger charge is 2.80. The molecule has 0 spiro atoms. The summed E-state index contributed by atoms with van der Waals surface area (Å²) in [6.45, 7) is 5.53. The lowest BCUT2D eigenvalue weighted by atomic mass is 9.60. The van der Waals surface area contributed by atoms with Gasteiger partial charge in [0.1, 0.15) is 23.2 Å². The highest BCUT2D eigenvalue weighted by Crippen LogP contribution is 2.48. The first-order chi connectivity index (χ1) is 15.9. The number of phenols is 1. The molecule has 0 radical (unpaired) electrons. The van der Waals surface area contributed by atoms with Crippen LogP contribution in [0.5, 0.6) is 11.5 Å². The first-order valence-electron chi connectivity index (χ1n) is 10.5. The summed E-state index contributed by atoms with van der Waals surface area (Å²) in [6.07, 6.45) is -6.89. The number of carbonyl (C=O) groups excluding carboxylic acids is 5. The van der Waals surface area contributed by atoms with Crippen molar-refractivity contribution in [3.8, 4) is 11.5 Å². The standard InChI is InChI=1S/C23H28O12/c1-9-7-15(29)17(10(2)24)16(8-9)34-20-22(32,13(5)27)23(33,14(6)28)21(31,12(4)26)19(35-20)18(30)11(3)25/h7-8,11,19-20,25,29,31-33H,1-6H3/t11?,19-,20-,21-,22+,23+/m1/s1. The summed E-state index contributed by atoms with van der Waals surface area (Å²) in [5.41, 5.74) is -10.9. The Morgan fingerprint density at radius 3 is 1.86 bits per heavy atom. The number of aryl methyl sites for hydroxylation is 1. The van der Waals surface area contributed by atoms with Gasteiger partial charge in [0.2, 0.25) is 17.5 Å². The van der Waals surface area contributed by atoms with E-state index in [0.29, 0.717) is 26.3 Å². The van der Waals surface area contributed by atoms with Gasteiger partial charge in [-0.25, -0.2) is 0 Å². The molecule has 6 atom stereocenters. The molecular weight excluding hydrogens is 468 g/mol. The van der Waals surface area contributed by atoms with Crippen LogP contribution in [-0.2, 0) is 23.9 Å². The number of hydrogen-bond donors (Lipinski definition) is 5. The minimum absolute atomic E-state index is 0.336. The fraction of sp³-hybridized carbons (Fsp3) is 0.522. The van der Waals surface area contributed by atoms with Crippen molar-refractivity contribution >= 4 is 28.9 Å². The number of benzene rings is 1. The van der Waals surface area contributed by atoms with E-state index >= 15 is 0 Å². The van der Waals surface area contributed by atoms with Crippen molar-refractivity contribution in [3.05, 3.63) is 23.3 Å². The van der Waals surface area contributed by atoms with Crippen LogP contribution in [0.25, 0.3) is 0 Å². The third-order valence-corrected chi connectivity index (χ3v) is 6.15. The number of hydrogen-bond acceptors (Lipinski definition) is 12. The summed E-state index contributed by atoms with van der Waals surface area (Å²) in [7, 11) is 0. The van der Waals surface area contributed by atoms with Crippen molar-refractivity contribution in [2.45, 2.75) is 76.8 Å². The lowest BCUT2D eigenvalue weighted by molar-refractivity contribution is -0.344. The maximum absolute atomic E-state index is 12.8. The lowest BCUT2D eigenvalue weighted by Crippen LogP contribution is -2.87. The molecule has 1 aromatic carbocycles. The second kappa shape index (κ2) is 9.21. The third kappa shape index (κ3) is 3.96. The molecule has 192 valence electrons. The quantitative estimate of drug-likeness (QED) is 0.273. The number of carbonyl (C=O) groups is 5. The van der Waals surface area contributed by atoms with Gasteiger partial charge in [0.15, 0.2) is 40.6 Å². The Kier molecular flexibility index (Phi) is 7.42. The summed E-state index contributed by atoms with van der Waals surface area (Å²) >= 11 is 0. The number of Topliss-reactive ketones (excluding diaryl/α,β-unsaturated/α-hetero) is 5. The number of aliphatic hydroxyl groups is 4. The predicted octanol–water partition coefficient (Wildman–Crippen LogP) is -1.08. The van der Waals surface area contributed by atoms with Crippen LogP contribution in [0.4, 0.5) is 0 Å². The Balaban J connectivity index is 2.93. The summed E-state index contributed by atoms with van der Waals surface area (Å²) in [6, 6.07) is 2.41. The Bertz CT molecular complexity index is 1110. The van der Waals surface area contributed by atoms with Crippen LogP contribution in [0.3, 0.4) is 0 Å². The van der Waals surface area contributed by atoms with Gasteiger partial charge in [-0.05, 0) is 59.2 Å². The molecule has 1 aliphatic rings. The van der Waals surface area contributed by atoms with Crippen LogP contribution in [0.2, 0.25) is 0 Å². The molecule has 1 aromatic rings. The fourth-order valence-electron chi connectivity index (χ4n) is 4.27. The van der Waals surface area contributed by atoms with Gasteiger partial charge in [-0.2, -0.15) is 0 Å². The zero-order chi connectivity index (χ0) is 27.3. The molecule has 1 fully saturated rings. The van der Waals surface area contributed by atoms with Crippen LogP contribution in [0, 0.1) is 6.92 Å². The molecule has 12 heteroatoms.